The standard InChI is InChI=1S/C17H16N2O5S/c1-9(20)13-15(22)19-14(17(23)24)11(8-25-16(13)19)4-5-12(21)10-3-2-6-18-7-10/h2-7,9,13,16,20H,8H2,1H3,(H,23,24)/b5-4+/t9-,13+,16-/m1/s1. The van der Waals surface area contributed by atoms with Crippen molar-refractivity contribution in [3.05, 3.63) is 53.5 Å². The number of carboxylic acids is 1. The molecule has 3 rings (SSSR count). The molecule has 0 aliphatic carbocycles. The second-order valence-electron chi connectivity index (χ2n) is 5.79. The smallest absolute Gasteiger partial charge is 0.352 e. The number of fused-ring (bicyclic) bond motifs is 1. The number of amides is 1. The summed E-state index contributed by atoms with van der Waals surface area (Å²) in [5.74, 6) is -2.18. The van der Waals surface area contributed by atoms with Crippen molar-refractivity contribution in [3.8, 4) is 0 Å². The average Bonchev–Trinajstić information content (AvgIpc) is 2.59. The lowest BCUT2D eigenvalue weighted by molar-refractivity contribution is -0.157. The Kier molecular flexibility index (Phi) is 4.73. The van der Waals surface area contributed by atoms with E-state index in [9.17, 15) is 24.6 Å². The van der Waals surface area contributed by atoms with E-state index in [0.717, 1.165) is 0 Å². The van der Waals surface area contributed by atoms with Gasteiger partial charge >= 0.3 is 5.97 Å². The van der Waals surface area contributed by atoms with E-state index in [1.807, 2.05) is 0 Å². The van der Waals surface area contributed by atoms with Gasteiger partial charge in [-0.3, -0.25) is 19.5 Å². The predicted octanol–water partition coefficient (Wildman–Crippen LogP) is 1.07. The lowest BCUT2D eigenvalue weighted by Crippen LogP contribution is -2.64. The summed E-state index contributed by atoms with van der Waals surface area (Å²) in [6.07, 6.45) is 4.87. The topological polar surface area (TPSA) is 108 Å². The summed E-state index contributed by atoms with van der Waals surface area (Å²) < 4.78 is 0. The summed E-state index contributed by atoms with van der Waals surface area (Å²) in [6, 6.07) is 3.25. The number of carboxylic acid groups (broad SMARTS) is 1. The Bertz CT molecular complexity index is 787. The van der Waals surface area contributed by atoms with Crippen LogP contribution < -0.4 is 0 Å². The first-order chi connectivity index (χ1) is 11.9. The van der Waals surface area contributed by atoms with E-state index in [4.69, 9.17) is 0 Å². The number of allylic oxidation sites excluding steroid dienone is 2. The van der Waals surface area contributed by atoms with Crippen LogP contribution in [0.4, 0.5) is 0 Å². The number of hydrogen-bond acceptors (Lipinski definition) is 6. The van der Waals surface area contributed by atoms with Crippen LogP contribution >= 0.6 is 11.8 Å². The number of thioether (sulfide) groups is 1. The second kappa shape index (κ2) is 6.81. The van der Waals surface area contributed by atoms with Gasteiger partial charge in [-0.2, -0.15) is 0 Å². The molecule has 1 saturated heterocycles. The Hall–Kier alpha value is -2.45. The summed E-state index contributed by atoms with van der Waals surface area (Å²) in [7, 11) is 0. The van der Waals surface area contributed by atoms with Crippen molar-refractivity contribution in [2.24, 2.45) is 5.92 Å². The normalized spacial score (nSPS) is 24.1. The van der Waals surface area contributed by atoms with Crippen LogP contribution in [-0.2, 0) is 9.59 Å². The number of carbonyl (C=O) groups excluding carboxylic acids is 2. The van der Waals surface area contributed by atoms with E-state index < -0.39 is 23.9 Å². The van der Waals surface area contributed by atoms with Gasteiger partial charge in [0, 0.05) is 23.7 Å². The summed E-state index contributed by atoms with van der Waals surface area (Å²) in [4.78, 5) is 41.0. The number of aliphatic hydroxyl groups excluding tert-OH is 1. The summed E-state index contributed by atoms with van der Waals surface area (Å²) in [5.41, 5.74) is 0.663. The largest absolute Gasteiger partial charge is 0.477 e. The zero-order chi connectivity index (χ0) is 18.1. The van der Waals surface area contributed by atoms with E-state index in [-0.39, 0.29) is 16.9 Å². The quantitative estimate of drug-likeness (QED) is 0.459. The number of pyridine rings is 1. The monoisotopic (exact) mass is 360 g/mol. The highest BCUT2D eigenvalue weighted by atomic mass is 32.2. The van der Waals surface area contributed by atoms with E-state index >= 15 is 0 Å². The molecule has 2 aliphatic heterocycles. The SMILES string of the molecule is C[C@@H](O)[C@H]1C(=O)N2C(C(=O)O)=C(/C=C/C(=O)c3cccnc3)CS[C@H]12. The molecule has 25 heavy (non-hydrogen) atoms. The number of β-lactam (4-membered cyclic amide) rings is 1. The van der Waals surface area contributed by atoms with Gasteiger partial charge < -0.3 is 10.2 Å². The van der Waals surface area contributed by atoms with Crippen molar-refractivity contribution in [3.63, 3.8) is 0 Å². The fraction of sp³-hybridized carbons (Fsp3) is 0.294. The maximum atomic E-state index is 12.2. The third-order valence-corrected chi connectivity index (χ3v) is 5.47. The summed E-state index contributed by atoms with van der Waals surface area (Å²) in [6.45, 7) is 1.52. The third-order valence-electron chi connectivity index (χ3n) is 4.14. The molecule has 2 aliphatic rings. The molecule has 2 N–H and O–H groups in total. The van der Waals surface area contributed by atoms with Crippen LogP contribution in [0.15, 0.2) is 47.9 Å². The van der Waals surface area contributed by atoms with Crippen LogP contribution in [0.2, 0.25) is 0 Å². The minimum absolute atomic E-state index is 0.124. The van der Waals surface area contributed by atoms with Gasteiger partial charge in [0.2, 0.25) is 5.91 Å². The highest BCUT2D eigenvalue weighted by Crippen LogP contribution is 2.45. The molecular formula is C17H16N2O5S. The molecule has 130 valence electrons. The molecule has 1 amide bonds. The molecule has 0 saturated carbocycles. The van der Waals surface area contributed by atoms with Crippen LogP contribution in [0.25, 0.3) is 0 Å². The molecule has 0 aromatic carbocycles. The molecule has 0 spiro atoms. The van der Waals surface area contributed by atoms with Crippen LogP contribution in [0.5, 0.6) is 0 Å². The maximum absolute atomic E-state index is 12.2. The van der Waals surface area contributed by atoms with Crippen LogP contribution in [0.3, 0.4) is 0 Å². The maximum Gasteiger partial charge on any atom is 0.352 e. The van der Waals surface area contributed by atoms with Gasteiger partial charge in [0.15, 0.2) is 5.78 Å². The first-order valence-corrected chi connectivity index (χ1v) is 8.68. The number of ketones is 1. The number of aromatic nitrogens is 1. The number of nitrogens with zero attached hydrogens (tertiary/aromatic N) is 2. The van der Waals surface area contributed by atoms with Crippen molar-refractivity contribution in [1.29, 1.82) is 0 Å². The summed E-state index contributed by atoms with van der Waals surface area (Å²) >= 11 is 1.38. The van der Waals surface area contributed by atoms with E-state index in [1.54, 1.807) is 18.3 Å². The van der Waals surface area contributed by atoms with Gasteiger partial charge in [-0.1, -0.05) is 6.08 Å². The molecule has 7 nitrogen and oxygen atoms in total. The first kappa shape index (κ1) is 17.4. The van der Waals surface area contributed by atoms with Gasteiger partial charge in [-0.05, 0) is 30.7 Å². The molecule has 1 aromatic heterocycles. The lowest BCUT2D eigenvalue weighted by atomic mass is 9.91. The second-order valence-corrected chi connectivity index (χ2v) is 6.90. The molecule has 3 atom stereocenters. The van der Waals surface area contributed by atoms with Crippen molar-refractivity contribution >= 4 is 29.4 Å². The number of rotatable bonds is 5. The molecule has 0 bridgehead atoms. The fourth-order valence-corrected chi connectivity index (χ4v) is 4.39. The Morgan fingerprint density at radius 2 is 2.24 bits per heavy atom. The predicted molar refractivity (Wildman–Crippen MR) is 90.6 cm³/mol. The third kappa shape index (κ3) is 3.10. The Labute approximate surface area is 148 Å². The van der Waals surface area contributed by atoms with E-state index in [2.05, 4.69) is 4.98 Å². The number of aliphatic carboxylic acids is 1. The van der Waals surface area contributed by atoms with E-state index in [1.165, 1.54) is 41.9 Å². The van der Waals surface area contributed by atoms with Crippen molar-refractivity contribution in [2.75, 3.05) is 5.75 Å². The van der Waals surface area contributed by atoms with Crippen LogP contribution in [0, 0.1) is 5.92 Å². The van der Waals surface area contributed by atoms with Crippen molar-refractivity contribution in [2.45, 2.75) is 18.4 Å². The van der Waals surface area contributed by atoms with Gasteiger partial charge in [-0.25, -0.2) is 4.79 Å². The summed E-state index contributed by atoms with van der Waals surface area (Å²) in [5, 5.41) is 18.8. The molecule has 8 heteroatoms. The number of hydrogen-bond donors (Lipinski definition) is 2. The Balaban J connectivity index is 1.87. The first-order valence-electron chi connectivity index (χ1n) is 7.63. The number of aliphatic hydroxyl groups is 1. The zero-order valence-electron chi connectivity index (χ0n) is 13.3. The zero-order valence-corrected chi connectivity index (χ0v) is 14.1. The Morgan fingerprint density at radius 1 is 1.48 bits per heavy atom. The molecule has 0 unspecified atom stereocenters. The fourth-order valence-electron chi connectivity index (χ4n) is 2.89. The lowest BCUT2D eigenvalue weighted by Gasteiger charge is -2.50. The molecule has 1 fully saturated rings. The molecule has 3 heterocycles. The minimum atomic E-state index is -1.23. The van der Waals surface area contributed by atoms with Gasteiger partial charge in [0.1, 0.15) is 5.70 Å². The highest BCUT2D eigenvalue weighted by Gasteiger charge is 2.54. The van der Waals surface area contributed by atoms with Crippen molar-refractivity contribution < 1.29 is 24.6 Å². The van der Waals surface area contributed by atoms with E-state index in [0.29, 0.717) is 16.9 Å². The van der Waals surface area contributed by atoms with Crippen LogP contribution in [0.1, 0.15) is 17.3 Å². The minimum Gasteiger partial charge on any atom is -0.477 e. The van der Waals surface area contributed by atoms with Gasteiger partial charge in [0.05, 0.1) is 17.4 Å². The van der Waals surface area contributed by atoms with Gasteiger partial charge in [-0.15, -0.1) is 11.8 Å². The molecule has 1 aromatic rings. The van der Waals surface area contributed by atoms with Crippen LogP contribution in [-0.4, -0.2) is 55.0 Å². The molecule has 0 radical (unpaired) electrons. The highest BCUT2D eigenvalue weighted by molar-refractivity contribution is 8.00. The van der Waals surface area contributed by atoms with Gasteiger partial charge in [0.25, 0.3) is 0 Å². The molecular weight excluding hydrogens is 344 g/mol. The van der Waals surface area contributed by atoms with Crippen molar-refractivity contribution in [1.82, 2.24) is 9.88 Å². The average molecular weight is 360 g/mol. The number of carbonyl (C=O) groups is 3. The Morgan fingerprint density at radius 3 is 2.84 bits per heavy atom.